The molecule has 160 valence electrons. The molecule has 0 spiro atoms. The molecule has 0 saturated heterocycles. The molecule has 8 heteroatoms. The zero-order valence-corrected chi connectivity index (χ0v) is 16.2. The predicted molar refractivity (Wildman–Crippen MR) is 109 cm³/mol. The van der Waals surface area contributed by atoms with E-state index < -0.39 is 30.5 Å². The van der Waals surface area contributed by atoms with Gasteiger partial charge in [0.25, 0.3) is 11.8 Å². The van der Waals surface area contributed by atoms with Crippen molar-refractivity contribution in [2.45, 2.75) is 12.1 Å². The summed E-state index contributed by atoms with van der Waals surface area (Å²) in [6.45, 7) is -0.658. The Morgan fingerprint density at radius 2 is 1.29 bits per heavy atom. The maximum Gasteiger partial charge on any atom is 0.397 e. The maximum atomic E-state index is 13.6. The first-order valence-electron chi connectivity index (χ1n) is 9.34. The second-order valence-electron chi connectivity index (χ2n) is 6.81. The number of hydroxylamine groups is 1. The third-order valence-corrected chi connectivity index (χ3v) is 4.79. The van der Waals surface area contributed by atoms with Crippen LogP contribution >= 0.6 is 0 Å². The molecule has 0 aliphatic heterocycles. The Labute approximate surface area is 176 Å². The summed E-state index contributed by atoms with van der Waals surface area (Å²) in [5, 5.41) is 10.9. The van der Waals surface area contributed by atoms with Gasteiger partial charge in [-0.15, -0.1) is 0 Å². The summed E-state index contributed by atoms with van der Waals surface area (Å²) >= 11 is 0. The number of benzene rings is 3. The summed E-state index contributed by atoms with van der Waals surface area (Å²) in [5.41, 5.74) is 3.41. The number of amides is 2. The average molecular weight is 428 g/mol. The molecule has 3 rings (SSSR count). The quantitative estimate of drug-likeness (QED) is 0.398. The molecule has 0 aliphatic carbocycles. The van der Waals surface area contributed by atoms with Gasteiger partial charge in [0.15, 0.2) is 0 Å². The molecule has 1 atom stereocenters. The van der Waals surface area contributed by atoms with Crippen LogP contribution < -0.4 is 10.8 Å². The highest BCUT2D eigenvalue weighted by Crippen LogP contribution is 2.34. The maximum absolute atomic E-state index is 13.6. The third kappa shape index (κ3) is 5.49. The van der Waals surface area contributed by atoms with Gasteiger partial charge < -0.3 is 5.32 Å². The van der Waals surface area contributed by atoms with Crippen LogP contribution in [0.2, 0.25) is 0 Å². The minimum atomic E-state index is -4.61. The number of halogens is 3. The van der Waals surface area contributed by atoms with E-state index in [2.05, 4.69) is 5.32 Å². The van der Waals surface area contributed by atoms with Gasteiger partial charge in [-0.1, -0.05) is 54.6 Å². The van der Waals surface area contributed by atoms with Crippen LogP contribution in [-0.2, 0) is 0 Å². The molecule has 1 unspecified atom stereocenters. The van der Waals surface area contributed by atoms with Crippen molar-refractivity contribution in [2.24, 2.45) is 0 Å². The van der Waals surface area contributed by atoms with Crippen molar-refractivity contribution in [1.29, 1.82) is 0 Å². The number of rotatable bonds is 6. The Kier molecular flexibility index (Phi) is 6.71. The number of hydrogen-bond donors (Lipinski definition) is 3. The van der Waals surface area contributed by atoms with E-state index in [1.807, 2.05) is 30.3 Å². The van der Waals surface area contributed by atoms with Gasteiger partial charge in [-0.2, -0.15) is 13.2 Å². The fourth-order valence-electron chi connectivity index (χ4n) is 3.10. The van der Waals surface area contributed by atoms with Gasteiger partial charge in [-0.3, -0.25) is 14.8 Å². The van der Waals surface area contributed by atoms with E-state index >= 15 is 0 Å². The molecular formula is C23H19F3N2O3. The van der Waals surface area contributed by atoms with Crippen LogP contribution in [0.25, 0.3) is 11.1 Å². The Morgan fingerprint density at radius 3 is 1.84 bits per heavy atom. The smallest absolute Gasteiger partial charge is 0.351 e. The minimum Gasteiger partial charge on any atom is -0.351 e. The fourth-order valence-corrected chi connectivity index (χ4v) is 3.10. The lowest BCUT2D eigenvalue weighted by molar-refractivity contribution is -0.149. The van der Waals surface area contributed by atoms with E-state index in [0.717, 1.165) is 23.3 Å². The van der Waals surface area contributed by atoms with E-state index in [0.29, 0.717) is 0 Å². The van der Waals surface area contributed by atoms with Crippen molar-refractivity contribution < 1.29 is 28.0 Å². The van der Waals surface area contributed by atoms with Gasteiger partial charge in [0.1, 0.15) is 0 Å². The highest BCUT2D eigenvalue weighted by molar-refractivity contribution is 5.95. The molecule has 0 bridgehead atoms. The molecule has 3 aromatic carbocycles. The number of hydrogen-bond acceptors (Lipinski definition) is 3. The molecule has 5 nitrogen and oxygen atoms in total. The monoisotopic (exact) mass is 428 g/mol. The summed E-state index contributed by atoms with van der Waals surface area (Å²) in [7, 11) is 0. The number of nitrogens with one attached hydrogen (secondary N) is 2. The predicted octanol–water partition coefficient (Wildman–Crippen LogP) is 4.55. The van der Waals surface area contributed by atoms with Crippen molar-refractivity contribution in [3.63, 3.8) is 0 Å². The largest absolute Gasteiger partial charge is 0.397 e. The van der Waals surface area contributed by atoms with E-state index in [4.69, 9.17) is 5.21 Å². The lowest BCUT2D eigenvalue weighted by atomic mass is 9.97. The summed E-state index contributed by atoms with van der Waals surface area (Å²) in [6, 6.07) is 20.7. The molecule has 0 aromatic heterocycles. The zero-order valence-electron chi connectivity index (χ0n) is 16.2. The molecular weight excluding hydrogens is 409 g/mol. The molecule has 0 saturated carbocycles. The number of alkyl halides is 3. The average Bonchev–Trinajstić information content (AvgIpc) is 2.79. The first kappa shape index (κ1) is 22.0. The van der Waals surface area contributed by atoms with Crippen molar-refractivity contribution in [2.75, 3.05) is 6.54 Å². The van der Waals surface area contributed by atoms with Crippen LogP contribution in [0.3, 0.4) is 0 Å². The third-order valence-electron chi connectivity index (χ3n) is 4.79. The standard InChI is InChI=1S/C23H19F3N2O3/c24-23(25,26)20(17-8-12-19(13-9-17)22(30)28-31)14-27-21(29)18-10-6-16(7-11-18)15-4-2-1-3-5-15/h1-13,20,31H,14H2,(H,27,29)(H,28,30). The Morgan fingerprint density at radius 1 is 0.774 bits per heavy atom. The first-order chi connectivity index (χ1) is 14.8. The van der Waals surface area contributed by atoms with Crippen LogP contribution in [0.5, 0.6) is 0 Å². The first-order valence-corrected chi connectivity index (χ1v) is 9.34. The number of carbonyl (C=O) groups excluding carboxylic acids is 2. The molecule has 0 heterocycles. The van der Waals surface area contributed by atoms with Crippen molar-refractivity contribution in [3.8, 4) is 11.1 Å². The molecule has 3 N–H and O–H groups in total. The molecule has 2 amide bonds. The van der Waals surface area contributed by atoms with Gasteiger partial charge in [0.2, 0.25) is 0 Å². The SMILES string of the molecule is O=C(NO)c1ccc(C(CNC(=O)c2ccc(-c3ccccc3)cc2)C(F)(F)F)cc1. The van der Waals surface area contributed by atoms with Gasteiger partial charge in [0, 0.05) is 17.7 Å². The summed E-state index contributed by atoms with van der Waals surface area (Å²) < 4.78 is 40.7. The zero-order chi connectivity index (χ0) is 22.4. The van der Waals surface area contributed by atoms with Crippen LogP contribution in [0.1, 0.15) is 32.2 Å². The fraction of sp³-hybridized carbons (Fsp3) is 0.130. The van der Waals surface area contributed by atoms with Crippen LogP contribution in [0, 0.1) is 0 Å². The van der Waals surface area contributed by atoms with Gasteiger partial charge >= 0.3 is 6.18 Å². The second kappa shape index (κ2) is 9.44. The lowest BCUT2D eigenvalue weighted by Gasteiger charge is -2.21. The topological polar surface area (TPSA) is 78.4 Å². The summed E-state index contributed by atoms with van der Waals surface area (Å²) in [5.74, 6) is -3.40. The Balaban J connectivity index is 1.70. The molecule has 31 heavy (non-hydrogen) atoms. The normalized spacial score (nSPS) is 12.1. The van der Waals surface area contributed by atoms with Crippen LogP contribution in [-0.4, -0.2) is 29.7 Å². The Hall–Kier alpha value is -3.65. The van der Waals surface area contributed by atoms with Gasteiger partial charge in [0.05, 0.1) is 5.92 Å². The summed E-state index contributed by atoms with van der Waals surface area (Å²) in [4.78, 5) is 23.7. The van der Waals surface area contributed by atoms with Crippen LogP contribution in [0.15, 0.2) is 78.9 Å². The van der Waals surface area contributed by atoms with Gasteiger partial charge in [-0.05, 0) is 41.0 Å². The molecule has 0 aliphatic rings. The second-order valence-corrected chi connectivity index (χ2v) is 6.81. The minimum absolute atomic E-state index is 0.00900. The highest BCUT2D eigenvalue weighted by atomic mass is 19.4. The van der Waals surface area contributed by atoms with Gasteiger partial charge in [-0.25, -0.2) is 5.48 Å². The highest BCUT2D eigenvalue weighted by Gasteiger charge is 2.40. The molecule has 0 fully saturated rings. The van der Waals surface area contributed by atoms with Crippen LogP contribution in [0.4, 0.5) is 13.2 Å². The molecule has 3 aromatic rings. The molecule has 0 radical (unpaired) electrons. The van der Waals surface area contributed by atoms with E-state index in [1.54, 1.807) is 24.3 Å². The van der Waals surface area contributed by atoms with Crippen molar-refractivity contribution in [1.82, 2.24) is 10.8 Å². The van der Waals surface area contributed by atoms with Crippen molar-refractivity contribution in [3.05, 3.63) is 95.6 Å². The van der Waals surface area contributed by atoms with E-state index in [-0.39, 0.29) is 16.7 Å². The Bertz CT molecular complexity index is 1030. The van der Waals surface area contributed by atoms with E-state index in [9.17, 15) is 22.8 Å². The number of carbonyl (C=O) groups is 2. The summed E-state index contributed by atoms with van der Waals surface area (Å²) in [6.07, 6.45) is -4.61. The van der Waals surface area contributed by atoms with Crippen molar-refractivity contribution >= 4 is 11.8 Å². The van der Waals surface area contributed by atoms with E-state index in [1.165, 1.54) is 17.6 Å². The lowest BCUT2D eigenvalue weighted by Crippen LogP contribution is -2.35.